The lowest BCUT2D eigenvalue weighted by molar-refractivity contribution is -0.485. The summed E-state index contributed by atoms with van der Waals surface area (Å²) in [5, 5.41) is 10.8. The molecule has 3 rings (SSSR count). The molecule has 2 aromatic carbocycles. The summed E-state index contributed by atoms with van der Waals surface area (Å²) in [6, 6.07) is 14.6. The van der Waals surface area contributed by atoms with Crippen LogP contribution in [0, 0.1) is 10.1 Å². The van der Waals surface area contributed by atoms with E-state index in [-0.39, 0.29) is 10.6 Å². The van der Waals surface area contributed by atoms with E-state index < -0.39 is 0 Å². The molecular weight excluding hydrogens is 294 g/mol. The van der Waals surface area contributed by atoms with Crippen molar-refractivity contribution in [3.63, 3.8) is 0 Å². The molecule has 0 unspecified atom stereocenters. The highest BCUT2D eigenvalue weighted by Gasteiger charge is 2.31. The van der Waals surface area contributed by atoms with Crippen LogP contribution in [0.4, 0.5) is 11.4 Å². The Hall–Kier alpha value is -2.89. The van der Waals surface area contributed by atoms with Crippen molar-refractivity contribution in [2.45, 2.75) is 0 Å². The number of anilines is 1. The molecule has 6 nitrogen and oxygen atoms in total. The fourth-order valence-corrected chi connectivity index (χ4v) is 2.79. The van der Waals surface area contributed by atoms with Gasteiger partial charge in [0.25, 0.3) is 11.5 Å². The average molecular weight is 312 g/mol. The minimum Gasteiger partial charge on any atom is -0.497 e. The van der Waals surface area contributed by atoms with Crippen molar-refractivity contribution in [2.24, 2.45) is 0 Å². The van der Waals surface area contributed by atoms with Gasteiger partial charge in [0.2, 0.25) is 0 Å². The van der Waals surface area contributed by atoms with Crippen LogP contribution in [-0.2, 0) is 0 Å². The van der Waals surface area contributed by atoms with E-state index in [0.29, 0.717) is 0 Å². The third kappa shape index (κ3) is 2.88. The lowest BCUT2D eigenvalue weighted by atomic mass is 10.1. The Morgan fingerprint density at radius 3 is 2.35 bits per heavy atom. The number of nitrogens with zero attached hydrogens (tertiary/aromatic N) is 3. The molecule has 0 N–H and O–H groups in total. The van der Waals surface area contributed by atoms with Crippen LogP contribution in [0.25, 0.3) is 0 Å². The number of benzene rings is 2. The summed E-state index contributed by atoms with van der Waals surface area (Å²) in [6.07, 6.45) is 0. The maximum Gasteiger partial charge on any atom is 0.284 e. The number of nitro benzene ring substituents is 1. The van der Waals surface area contributed by atoms with Crippen LogP contribution in [0.1, 0.15) is 5.56 Å². The van der Waals surface area contributed by atoms with Gasteiger partial charge in [0, 0.05) is 12.1 Å². The van der Waals surface area contributed by atoms with Crippen molar-refractivity contribution >= 4 is 17.2 Å². The Morgan fingerprint density at radius 1 is 1.13 bits per heavy atom. The smallest absolute Gasteiger partial charge is 0.284 e. The predicted molar refractivity (Wildman–Crippen MR) is 88.6 cm³/mol. The first-order valence-electron chi connectivity index (χ1n) is 7.34. The molecule has 0 spiro atoms. The molecule has 0 aliphatic carbocycles. The second-order valence-corrected chi connectivity index (χ2v) is 5.40. The molecule has 0 aromatic heterocycles. The number of hydrogen-bond acceptors (Lipinski definition) is 4. The standard InChI is InChI=1S/C17H18N3O3/c1-18-11-12-19(14-7-9-16(23-2)10-8-14)17(18)13-3-5-15(6-4-13)20(21)22/h3-10H,11-12H2,1-2H3/q+1. The number of likely N-dealkylation sites (N-methyl/N-ethyl adjacent to an activating group) is 1. The number of non-ortho nitro benzene ring substituents is 1. The van der Waals surface area contributed by atoms with Gasteiger partial charge in [-0.05, 0) is 36.4 Å². The van der Waals surface area contributed by atoms with Gasteiger partial charge in [-0.3, -0.25) is 14.7 Å². The molecule has 1 aliphatic rings. The molecule has 1 heterocycles. The summed E-state index contributed by atoms with van der Waals surface area (Å²) in [7, 11) is 3.67. The Morgan fingerprint density at radius 2 is 1.78 bits per heavy atom. The molecule has 118 valence electrons. The molecule has 0 saturated heterocycles. The minimum absolute atomic E-state index is 0.103. The fourth-order valence-electron chi connectivity index (χ4n) is 2.79. The first-order chi connectivity index (χ1) is 11.1. The largest absolute Gasteiger partial charge is 0.497 e. The number of methoxy groups -OCH3 is 1. The topological polar surface area (TPSA) is 58.6 Å². The van der Waals surface area contributed by atoms with E-state index in [0.717, 1.165) is 35.9 Å². The Bertz CT molecular complexity index is 752. The molecule has 0 atom stereocenters. The SMILES string of the molecule is COc1ccc(N2CC[N+](C)=C2c2ccc([N+](=O)[O-])cc2)cc1. The minimum atomic E-state index is -0.381. The Labute approximate surface area is 134 Å². The molecule has 0 amide bonds. The van der Waals surface area contributed by atoms with Crippen molar-refractivity contribution in [3.05, 3.63) is 64.2 Å². The van der Waals surface area contributed by atoms with Gasteiger partial charge in [-0.25, -0.2) is 4.90 Å². The maximum absolute atomic E-state index is 10.8. The zero-order valence-electron chi connectivity index (χ0n) is 13.1. The molecule has 0 saturated carbocycles. The summed E-state index contributed by atoms with van der Waals surface area (Å²) < 4.78 is 7.36. The van der Waals surface area contributed by atoms with Crippen molar-refractivity contribution < 1.29 is 14.2 Å². The quantitative estimate of drug-likeness (QED) is 0.494. The van der Waals surface area contributed by atoms with E-state index in [1.165, 1.54) is 0 Å². The molecule has 1 aliphatic heterocycles. The second kappa shape index (κ2) is 6.08. The predicted octanol–water partition coefficient (Wildman–Crippen LogP) is 2.51. The van der Waals surface area contributed by atoms with E-state index >= 15 is 0 Å². The van der Waals surface area contributed by atoms with Crippen molar-refractivity contribution in [1.29, 1.82) is 0 Å². The number of hydrogen-bond donors (Lipinski definition) is 0. The van der Waals surface area contributed by atoms with Crippen LogP contribution < -0.4 is 9.64 Å². The summed E-state index contributed by atoms with van der Waals surface area (Å²) >= 11 is 0. The zero-order valence-corrected chi connectivity index (χ0v) is 13.1. The molecule has 0 bridgehead atoms. The number of amidine groups is 1. The number of ether oxygens (including phenoxy) is 1. The summed E-state index contributed by atoms with van der Waals surface area (Å²) in [5.74, 6) is 1.86. The third-order valence-electron chi connectivity index (χ3n) is 4.00. The highest BCUT2D eigenvalue weighted by atomic mass is 16.6. The summed E-state index contributed by atoms with van der Waals surface area (Å²) in [5.41, 5.74) is 2.14. The van der Waals surface area contributed by atoms with Crippen LogP contribution >= 0.6 is 0 Å². The van der Waals surface area contributed by atoms with Gasteiger partial charge in [0.05, 0.1) is 24.6 Å². The van der Waals surface area contributed by atoms with Crippen LogP contribution in [0.3, 0.4) is 0 Å². The van der Waals surface area contributed by atoms with Crippen molar-refractivity contribution in [2.75, 3.05) is 32.1 Å². The highest BCUT2D eigenvalue weighted by Crippen LogP contribution is 2.24. The van der Waals surface area contributed by atoms with E-state index in [2.05, 4.69) is 9.48 Å². The average Bonchev–Trinajstić information content (AvgIpc) is 2.96. The first-order valence-corrected chi connectivity index (χ1v) is 7.34. The second-order valence-electron chi connectivity index (χ2n) is 5.40. The first kappa shape index (κ1) is 15.0. The van der Waals surface area contributed by atoms with E-state index in [9.17, 15) is 10.1 Å². The molecule has 23 heavy (non-hydrogen) atoms. The highest BCUT2D eigenvalue weighted by molar-refractivity contribution is 6.07. The monoisotopic (exact) mass is 312 g/mol. The van der Waals surface area contributed by atoms with Gasteiger partial charge in [-0.15, -0.1) is 0 Å². The van der Waals surface area contributed by atoms with E-state index in [4.69, 9.17) is 4.74 Å². The maximum atomic E-state index is 10.8. The molecule has 0 fully saturated rings. The lowest BCUT2D eigenvalue weighted by Gasteiger charge is -2.13. The Kier molecular flexibility index (Phi) is 3.97. The fraction of sp³-hybridized carbons (Fsp3) is 0.235. The van der Waals surface area contributed by atoms with Crippen molar-refractivity contribution in [1.82, 2.24) is 0 Å². The third-order valence-corrected chi connectivity index (χ3v) is 4.00. The van der Waals surface area contributed by atoms with Gasteiger partial charge < -0.3 is 4.74 Å². The number of rotatable bonds is 4. The van der Waals surface area contributed by atoms with Crippen LogP contribution in [0.15, 0.2) is 48.5 Å². The lowest BCUT2D eigenvalue weighted by Crippen LogP contribution is -2.29. The van der Waals surface area contributed by atoms with Gasteiger partial charge in [-0.2, -0.15) is 0 Å². The zero-order chi connectivity index (χ0) is 16.4. The molecule has 2 aromatic rings. The van der Waals surface area contributed by atoms with E-state index in [1.807, 2.05) is 31.3 Å². The van der Waals surface area contributed by atoms with Gasteiger partial charge in [0.1, 0.15) is 24.5 Å². The van der Waals surface area contributed by atoms with Crippen LogP contribution in [0.5, 0.6) is 5.75 Å². The molecular formula is C17H18N3O3+. The summed E-state index contributed by atoms with van der Waals surface area (Å²) in [6.45, 7) is 1.77. The van der Waals surface area contributed by atoms with Gasteiger partial charge in [0.15, 0.2) is 0 Å². The van der Waals surface area contributed by atoms with Crippen molar-refractivity contribution in [3.8, 4) is 5.75 Å². The van der Waals surface area contributed by atoms with Gasteiger partial charge >= 0.3 is 0 Å². The molecule has 6 heteroatoms. The van der Waals surface area contributed by atoms with Crippen LogP contribution in [-0.4, -0.2) is 42.6 Å². The Balaban J connectivity index is 1.94. The normalized spacial score (nSPS) is 14.3. The number of nitro groups is 1. The molecule has 0 radical (unpaired) electrons. The van der Waals surface area contributed by atoms with E-state index in [1.54, 1.807) is 31.4 Å². The summed E-state index contributed by atoms with van der Waals surface area (Å²) in [4.78, 5) is 12.6. The van der Waals surface area contributed by atoms with Crippen LogP contribution in [0.2, 0.25) is 0 Å². The van der Waals surface area contributed by atoms with Gasteiger partial charge in [-0.1, -0.05) is 0 Å².